The second kappa shape index (κ2) is 3.76. The number of anilines is 1. The Bertz CT molecular complexity index is 336. The van der Waals surface area contributed by atoms with Crippen LogP contribution in [0.4, 0.5) is 18.9 Å². The molecule has 0 aliphatic heterocycles. The maximum atomic E-state index is 12.6. The van der Waals surface area contributed by atoms with E-state index < -0.39 is 11.7 Å². The van der Waals surface area contributed by atoms with Crippen molar-refractivity contribution in [2.45, 2.75) is 32.5 Å². The van der Waals surface area contributed by atoms with Crippen LogP contribution in [-0.2, 0) is 6.18 Å². The molecule has 0 spiro atoms. The zero-order valence-electron chi connectivity index (χ0n) is 8.94. The Hall–Kier alpha value is -1.19. The van der Waals surface area contributed by atoms with Crippen molar-refractivity contribution in [2.24, 2.45) is 0 Å². The SMILES string of the molecule is CC(C)(C)Nc1ccccc1C(F)(F)F. The van der Waals surface area contributed by atoms with Crippen LogP contribution in [0.2, 0.25) is 0 Å². The van der Waals surface area contributed by atoms with Crippen LogP contribution in [0.1, 0.15) is 26.3 Å². The first-order chi connectivity index (χ1) is 6.70. The first-order valence-corrected chi connectivity index (χ1v) is 4.64. The topological polar surface area (TPSA) is 12.0 Å². The molecule has 1 N–H and O–H groups in total. The predicted molar refractivity (Wildman–Crippen MR) is 54.8 cm³/mol. The van der Waals surface area contributed by atoms with Gasteiger partial charge in [-0.1, -0.05) is 12.1 Å². The quantitative estimate of drug-likeness (QED) is 0.751. The Labute approximate surface area is 87.3 Å². The Kier molecular flexibility index (Phi) is 2.98. The standard InChI is InChI=1S/C11H14F3N/c1-10(2,3)15-9-7-5-4-6-8(9)11(12,13)14/h4-7,15H,1-3H3. The Morgan fingerprint density at radius 3 is 2.00 bits per heavy atom. The smallest absolute Gasteiger partial charge is 0.380 e. The van der Waals surface area contributed by atoms with Gasteiger partial charge < -0.3 is 5.32 Å². The minimum Gasteiger partial charge on any atom is -0.380 e. The molecule has 0 radical (unpaired) electrons. The van der Waals surface area contributed by atoms with E-state index in [4.69, 9.17) is 0 Å². The average molecular weight is 217 g/mol. The first kappa shape index (κ1) is 11.9. The molecule has 0 unspecified atom stereocenters. The lowest BCUT2D eigenvalue weighted by molar-refractivity contribution is -0.137. The third-order valence-electron chi connectivity index (χ3n) is 1.74. The van der Waals surface area contributed by atoms with Gasteiger partial charge in [0.2, 0.25) is 0 Å². The Morgan fingerprint density at radius 2 is 1.53 bits per heavy atom. The van der Waals surface area contributed by atoms with Gasteiger partial charge >= 0.3 is 6.18 Å². The van der Waals surface area contributed by atoms with Crippen LogP contribution in [0.25, 0.3) is 0 Å². The lowest BCUT2D eigenvalue weighted by Gasteiger charge is -2.24. The number of para-hydroxylation sites is 1. The monoisotopic (exact) mass is 217 g/mol. The summed E-state index contributed by atoms with van der Waals surface area (Å²) in [5, 5.41) is 2.84. The van der Waals surface area contributed by atoms with Crippen LogP contribution >= 0.6 is 0 Å². The molecule has 1 aromatic rings. The molecular formula is C11H14F3N. The van der Waals surface area contributed by atoms with Crippen LogP contribution in [-0.4, -0.2) is 5.54 Å². The minimum atomic E-state index is -4.31. The molecule has 0 aliphatic carbocycles. The molecule has 1 aromatic carbocycles. The largest absolute Gasteiger partial charge is 0.418 e. The summed E-state index contributed by atoms with van der Waals surface area (Å²) in [6.45, 7) is 5.46. The van der Waals surface area contributed by atoms with E-state index in [1.165, 1.54) is 12.1 Å². The first-order valence-electron chi connectivity index (χ1n) is 4.64. The molecule has 0 saturated heterocycles. The van der Waals surface area contributed by atoms with Crippen molar-refractivity contribution in [3.8, 4) is 0 Å². The van der Waals surface area contributed by atoms with Gasteiger partial charge in [0.15, 0.2) is 0 Å². The molecule has 1 nitrogen and oxygen atoms in total. The summed E-state index contributed by atoms with van der Waals surface area (Å²) in [5.41, 5.74) is -0.890. The Balaban J connectivity index is 3.08. The lowest BCUT2D eigenvalue weighted by atomic mass is 10.1. The molecule has 0 heterocycles. The second-order valence-electron chi connectivity index (χ2n) is 4.42. The number of hydrogen-bond donors (Lipinski definition) is 1. The van der Waals surface area contributed by atoms with Gasteiger partial charge in [-0.15, -0.1) is 0 Å². The highest BCUT2D eigenvalue weighted by atomic mass is 19.4. The molecule has 0 atom stereocenters. The van der Waals surface area contributed by atoms with Crippen LogP contribution in [0.5, 0.6) is 0 Å². The van der Waals surface area contributed by atoms with E-state index in [1.807, 2.05) is 20.8 Å². The van der Waals surface area contributed by atoms with Crippen molar-refractivity contribution >= 4 is 5.69 Å². The summed E-state index contributed by atoms with van der Waals surface area (Å²) in [4.78, 5) is 0. The maximum absolute atomic E-state index is 12.6. The van der Waals surface area contributed by atoms with Gasteiger partial charge in [-0.2, -0.15) is 13.2 Å². The summed E-state index contributed by atoms with van der Waals surface area (Å²) in [6.07, 6.45) is -4.31. The van der Waals surface area contributed by atoms with E-state index in [0.29, 0.717) is 0 Å². The molecule has 0 aromatic heterocycles. The third-order valence-corrected chi connectivity index (χ3v) is 1.74. The molecule has 0 amide bonds. The normalized spacial score (nSPS) is 12.7. The van der Waals surface area contributed by atoms with E-state index in [9.17, 15) is 13.2 Å². The highest BCUT2D eigenvalue weighted by Gasteiger charge is 2.33. The lowest BCUT2D eigenvalue weighted by Crippen LogP contribution is -2.27. The number of nitrogens with one attached hydrogen (secondary N) is 1. The van der Waals surface area contributed by atoms with Gasteiger partial charge in [-0.05, 0) is 32.9 Å². The molecule has 0 saturated carbocycles. The zero-order chi connectivity index (χ0) is 11.7. The van der Waals surface area contributed by atoms with Crippen molar-refractivity contribution in [1.29, 1.82) is 0 Å². The number of benzene rings is 1. The fourth-order valence-corrected chi connectivity index (χ4v) is 1.24. The van der Waals surface area contributed by atoms with Gasteiger partial charge in [0.05, 0.1) is 5.56 Å². The molecule has 4 heteroatoms. The summed E-state index contributed by atoms with van der Waals surface area (Å²) in [7, 11) is 0. The van der Waals surface area contributed by atoms with Crippen LogP contribution in [0.3, 0.4) is 0 Å². The Morgan fingerprint density at radius 1 is 1.00 bits per heavy atom. The fourth-order valence-electron chi connectivity index (χ4n) is 1.24. The molecular weight excluding hydrogens is 203 g/mol. The van der Waals surface area contributed by atoms with Crippen molar-refractivity contribution in [1.82, 2.24) is 0 Å². The summed E-state index contributed by atoms with van der Waals surface area (Å²) in [5.74, 6) is 0. The van der Waals surface area contributed by atoms with Crippen molar-refractivity contribution in [3.63, 3.8) is 0 Å². The van der Waals surface area contributed by atoms with E-state index in [-0.39, 0.29) is 11.2 Å². The van der Waals surface area contributed by atoms with Gasteiger partial charge in [0.25, 0.3) is 0 Å². The predicted octanol–water partition coefficient (Wildman–Crippen LogP) is 3.92. The highest BCUT2D eigenvalue weighted by Crippen LogP contribution is 2.35. The number of halogens is 3. The van der Waals surface area contributed by atoms with Gasteiger partial charge in [0, 0.05) is 11.2 Å². The summed E-state index contributed by atoms with van der Waals surface area (Å²) in [6, 6.07) is 5.49. The molecule has 15 heavy (non-hydrogen) atoms. The van der Waals surface area contributed by atoms with Gasteiger partial charge in [0.1, 0.15) is 0 Å². The summed E-state index contributed by atoms with van der Waals surface area (Å²) >= 11 is 0. The van der Waals surface area contributed by atoms with Crippen molar-refractivity contribution in [2.75, 3.05) is 5.32 Å². The van der Waals surface area contributed by atoms with E-state index >= 15 is 0 Å². The zero-order valence-corrected chi connectivity index (χ0v) is 8.94. The van der Waals surface area contributed by atoms with Crippen molar-refractivity contribution in [3.05, 3.63) is 29.8 Å². The maximum Gasteiger partial charge on any atom is 0.418 e. The van der Waals surface area contributed by atoms with Crippen LogP contribution in [0, 0.1) is 0 Å². The van der Waals surface area contributed by atoms with Crippen molar-refractivity contribution < 1.29 is 13.2 Å². The van der Waals surface area contributed by atoms with E-state index in [2.05, 4.69) is 5.32 Å². The van der Waals surface area contributed by atoms with Gasteiger partial charge in [-0.3, -0.25) is 0 Å². The molecule has 84 valence electrons. The third kappa shape index (κ3) is 3.46. The fraction of sp³-hybridized carbons (Fsp3) is 0.455. The van der Waals surface area contributed by atoms with E-state index in [1.54, 1.807) is 6.07 Å². The number of rotatable bonds is 1. The molecule has 0 bridgehead atoms. The molecule has 0 fully saturated rings. The minimum absolute atomic E-state index is 0.123. The van der Waals surface area contributed by atoms with E-state index in [0.717, 1.165) is 6.07 Å². The van der Waals surface area contributed by atoms with Crippen LogP contribution < -0.4 is 5.32 Å². The average Bonchev–Trinajstić information content (AvgIpc) is 1.99. The van der Waals surface area contributed by atoms with Gasteiger partial charge in [-0.25, -0.2) is 0 Å². The number of hydrogen-bond acceptors (Lipinski definition) is 1. The molecule has 1 rings (SSSR count). The second-order valence-corrected chi connectivity index (χ2v) is 4.42. The van der Waals surface area contributed by atoms with Crippen LogP contribution in [0.15, 0.2) is 24.3 Å². The number of alkyl halides is 3. The molecule has 0 aliphatic rings. The highest BCUT2D eigenvalue weighted by molar-refractivity contribution is 5.53. The summed E-state index contributed by atoms with van der Waals surface area (Å²) < 4.78 is 37.8.